The second-order valence-electron chi connectivity index (χ2n) is 6.43. The lowest BCUT2D eigenvalue weighted by Gasteiger charge is -2.19. The first-order valence-electron chi connectivity index (χ1n) is 9.05. The first kappa shape index (κ1) is 18.6. The molecule has 1 heterocycles. The van der Waals surface area contributed by atoms with E-state index in [1.165, 1.54) is 12.1 Å². The van der Waals surface area contributed by atoms with E-state index in [1.807, 2.05) is 60.7 Å². The van der Waals surface area contributed by atoms with E-state index in [1.54, 1.807) is 12.1 Å². The van der Waals surface area contributed by atoms with Crippen molar-refractivity contribution in [1.29, 1.82) is 0 Å². The summed E-state index contributed by atoms with van der Waals surface area (Å²) < 4.78 is 5.81. The summed E-state index contributed by atoms with van der Waals surface area (Å²) in [5, 5.41) is 0.483. The SMILES string of the molecule is O=C(COC(c1ccccc1)c1ccccc1)ON1C(=O)c2ccccc2C1=O. The minimum absolute atomic E-state index is 0.206. The quantitative estimate of drug-likeness (QED) is 0.605. The predicted octanol–water partition coefficient (Wildman–Crippen LogP) is 3.55. The standard InChI is InChI=1S/C23H17NO5/c25-20(29-24-22(26)18-13-7-8-14-19(18)23(24)27)15-28-21(16-9-3-1-4-10-16)17-11-5-2-6-12-17/h1-14,21H,15H2. The topological polar surface area (TPSA) is 72.9 Å². The molecule has 0 aromatic heterocycles. The summed E-state index contributed by atoms with van der Waals surface area (Å²) in [5.41, 5.74) is 2.15. The van der Waals surface area contributed by atoms with Gasteiger partial charge in [0.1, 0.15) is 12.7 Å². The lowest BCUT2D eigenvalue weighted by Crippen LogP contribution is -2.34. The Morgan fingerprint density at radius 1 is 0.724 bits per heavy atom. The molecule has 0 bridgehead atoms. The molecule has 0 N–H and O–H groups in total. The van der Waals surface area contributed by atoms with Crippen LogP contribution >= 0.6 is 0 Å². The molecule has 6 nitrogen and oxygen atoms in total. The summed E-state index contributed by atoms with van der Waals surface area (Å²) in [5.74, 6) is -2.17. The van der Waals surface area contributed by atoms with Crippen molar-refractivity contribution < 1.29 is 24.0 Å². The number of carbonyl (C=O) groups is 3. The molecule has 6 heteroatoms. The Labute approximate surface area is 167 Å². The van der Waals surface area contributed by atoms with Gasteiger partial charge in [0.05, 0.1) is 11.1 Å². The normalized spacial score (nSPS) is 12.9. The summed E-state index contributed by atoms with van der Waals surface area (Å²) in [4.78, 5) is 41.9. The maximum Gasteiger partial charge on any atom is 0.358 e. The van der Waals surface area contributed by atoms with Gasteiger partial charge < -0.3 is 9.57 Å². The van der Waals surface area contributed by atoms with E-state index in [2.05, 4.69) is 0 Å². The molecule has 0 atom stereocenters. The molecule has 0 fully saturated rings. The third-order valence-corrected chi connectivity index (χ3v) is 4.52. The Balaban J connectivity index is 1.46. The van der Waals surface area contributed by atoms with Crippen LogP contribution in [-0.2, 0) is 14.4 Å². The molecular weight excluding hydrogens is 370 g/mol. The van der Waals surface area contributed by atoms with Crippen LogP contribution in [0.15, 0.2) is 84.9 Å². The number of carbonyl (C=O) groups excluding carboxylic acids is 3. The molecule has 0 radical (unpaired) electrons. The summed E-state index contributed by atoms with van der Waals surface area (Å²) in [6, 6.07) is 25.2. The van der Waals surface area contributed by atoms with Crippen LogP contribution in [0.5, 0.6) is 0 Å². The number of fused-ring (bicyclic) bond motifs is 1. The number of benzene rings is 3. The fraction of sp³-hybridized carbons (Fsp3) is 0.0870. The lowest BCUT2D eigenvalue weighted by molar-refractivity contribution is -0.175. The fourth-order valence-corrected chi connectivity index (χ4v) is 3.17. The fourth-order valence-electron chi connectivity index (χ4n) is 3.17. The summed E-state index contributed by atoms with van der Waals surface area (Å²) in [6.07, 6.45) is -0.493. The van der Waals surface area contributed by atoms with E-state index in [9.17, 15) is 14.4 Å². The second kappa shape index (κ2) is 8.08. The maximum absolute atomic E-state index is 12.3. The van der Waals surface area contributed by atoms with Gasteiger partial charge in [0.25, 0.3) is 11.8 Å². The third kappa shape index (κ3) is 3.79. The molecule has 1 aliphatic rings. The zero-order valence-electron chi connectivity index (χ0n) is 15.4. The number of hydrogen-bond donors (Lipinski definition) is 0. The number of hydrogen-bond acceptors (Lipinski definition) is 5. The van der Waals surface area contributed by atoms with Gasteiger partial charge in [-0.2, -0.15) is 0 Å². The van der Waals surface area contributed by atoms with Crippen molar-refractivity contribution in [3.8, 4) is 0 Å². The van der Waals surface area contributed by atoms with Crippen LogP contribution < -0.4 is 0 Å². The van der Waals surface area contributed by atoms with Gasteiger partial charge in [-0.25, -0.2) is 4.79 Å². The summed E-state index contributed by atoms with van der Waals surface area (Å²) in [6.45, 7) is -0.429. The number of rotatable bonds is 6. The molecule has 144 valence electrons. The molecule has 3 aromatic carbocycles. The van der Waals surface area contributed by atoms with E-state index in [-0.39, 0.29) is 11.1 Å². The van der Waals surface area contributed by atoms with Crippen molar-refractivity contribution in [3.63, 3.8) is 0 Å². The number of nitrogens with zero attached hydrogens (tertiary/aromatic N) is 1. The highest BCUT2D eigenvalue weighted by Crippen LogP contribution is 2.26. The van der Waals surface area contributed by atoms with Gasteiger partial charge in [-0.05, 0) is 23.3 Å². The molecule has 29 heavy (non-hydrogen) atoms. The first-order valence-corrected chi connectivity index (χ1v) is 9.05. The lowest BCUT2D eigenvalue weighted by atomic mass is 10.0. The van der Waals surface area contributed by atoms with Crippen LogP contribution in [0.4, 0.5) is 0 Å². The number of ether oxygens (including phenoxy) is 1. The Bertz CT molecular complexity index is 975. The molecule has 1 aliphatic heterocycles. The van der Waals surface area contributed by atoms with Gasteiger partial charge in [-0.15, -0.1) is 0 Å². The van der Waals surface area contributed by atoms with Crippen molar-refractivity contribution in [2.45, 2.75) is 6.10 Å². The van der Waals surface area contributed by atoms with Crippen molar-refractivity contribution in [1.82, 2.24) is 5.06 Å². The van der Waals surface area contributed by atoms with Gasteiger partial charge in [-0.1, -0.05) is 77.9 Å². The average Bonchev–Trinajstić information content (AvgIpc) is 3.00. The highest BCUT2D eigenvalue weighted by molar-refractivity contribution is 6.20. The van der Waals surface area contributed by atoms with Gasteiger partial charge in [0.15, 0.2) is 0 Å². The van der Waals surface area contributed by atoms with Crippen molar-refractivity contribution in [3.05, 3.63) is 107 Å². The highest BCUT2D eigenvalue weighted by Gasteiger charge is 2.38. The molecule has 2 amide bonds. The Morgan fingerprint density at radius 2 is 1.17 bits per heavy atom. The zero-order valence-corrected chi connectivity index (χ0v) is 15.4. The Morgan fingerprint density at radius 3 is 1.66 bits per heavy atom. The van der Waals surface area contributed by atoms with Crippen LogP contribution in [0.3, 0.4) is 0 Å². The summed E-state index contributed by atoms with van der Waals surface area (Å²) >= 11 is 0. The average molecular weight is 387 g/mol. The van der Waals surface area contributed by atoms with E-state index in [4.69, 9.17) is 9.57 Å². The number of imide groups is 1. The molecule has 4 rings (SSSR count). The third-order valence-electron chi connectivity index (χ3n) is 4.52. The van der Waals surface area contributed by atoms with E-state index in [0.717, 1.165) is 11.1 Å². The minimum atomic E-state index is -0.837. The number of amides is 2. The second-order valence-corrected chi connectivity index (χ2v) is 6.43. The highest BCUT2D eigenvalue weighted by atomic mass is 16.7. The molecule has 0 spiro atoms. The smallest absolute Gasteiger partial charge is 0.357 e. The van der Waals surface area contributed by atoms with Crippen LogP contribution in [-0.4, -0.2) is 29.5 Å². The minimum Gasteiger partial charge on any atom is -0.357 e. The molecule has 3 aromatic rings. The van der Waals surface area contributed by atoms with Crippen molar-refractivity contribution in [2.75, 3.05) is 6.61 Å². The van der Waals surface area contributed by atoms with E-state index in [0.29, 0.717) is 5.06 Å². The van der Waals surface area contributed by atoms with Crippen LogP contribution in [0, 0.1) is 0 Å². The first-order chi connectivity index (χ1) is 14.1. The van der Waals surface area contributed by atoms with Gasteiger partial charge >= 0.3 is 5.97 Å². The van der Waals surface area contributed by atoms with Crippen molar-refractivity contribution >= 4 is 17.8 Å². The Hall–Kier alpha value is -3.77. The number of hydroxylamine groups is 2. The zero-order chi connectivity index (χ0) is 20.2. The van der Waals surface area contributed by atoms with Crippen molar-refractivity contribution in [2.24, 2.45) is 0 Å². The maximum atomic E-state index is 12.3. The molecular formula is C23H17NO5. The van der Waals surface area contributed by atoms with Crippen LogP contribution in [0.1, 0.15) is 37.9 Å². The monoisotopic (exact) mass is 387 g/mol. The van der Waals surface area contributed by atoms with E-state index < -0.39 is 30.5 Å². The van der Waals surface area contributed by atoms with E-state index >= 15 is 0 Å². The predicted molar refractivity (Wildman–Crippen MR) is 104 cm³/mol. The largest absolute Gasteiger partial charge is 0.358 e. The molecule has 0 aliphatic carbocycles. The summed E-state index contributed by atoms with van der Waals surface area (Å²) in [7, 11) is 0. The van der Waals surface area contributed by atoms with Crippen LogP contribution in [0.25, 0.3) is 0 Å². The molecule has 0 unspecified atom stereocenters. The molecule has 0 saturated heterocycles. The van der Waals surface area contributed by atoms with Gasteiger partial charge in [0, 0.05) is 0 Å². The van der Waals surface area contributed by atoms with Gasteiger partial charge in [0.2, 0.25) is 0 Å². The Kier molecular flexibility index (Phi) is 5.18. The van der Waals surface area contributed by atoms with Crippen LogP contribution in [0.2, 0.25) is 0 Å². The van der Waals surface area contributed by atoms with Gasteiger partial charge in [-0.3, -0.25) is 9.59 Å². The molecule has 0 saturated carbocycles.